The van der Waals surface area contributed by atoms with E-state index in [1.165, 1.54) is 6.42 Å². The Morgan fingerprint density at radius 1 is 1.50 bits per heavy atom. The smallest absolute Gasteiger partial charge is 0.115 e. The molecule has 0 amide bonds. The van der Waals surface area contributed by atoms with Gasteiger partial charge in [-0.3, -0.25) is 4.90 Å². The van der Waals surface area contributed by atoms with Gasteiger partial charge in [-0.05, 0) is 25.3 Å². The van der Waals surface area contributed by atoms with E-state index in [0.717, 1.165) is 19.4 Å². The molecule has 2 atom stereocenters. The summed E-state index contributed by atoms with van der Waals surface area (Å²) in [5, 5.41) is 0. The summed E-state index contributed by atoms with van der Waals surface area (Å²) in [4.78, 5) is 2.33. The Morgan fingerprint density at radius 2 is 2.29 bits per heavy atom. The lowest BCUT2D eigenvalue weighted by atomic mass is 9.92. The molecule has 0 aromatic heterocycles. The van der Waals surface area contributed by atoms with Crippen molar-refractivity contribution in [2.75, 3.05) is 13.1 Å². The summed E-state index contributed by atoms with van der Waals surface area (Å²) < 4.78 is 13.3. The predicted octanol–water partition coefficient (Wildman–Crippen LogP) is 2.78. The molecule has 0 bridgehead atoms. The van der Waals surface area contributed by atoms with Crippen molar-refractivity contribution in [2.24, 2.45) is 5.92 Å². The highest BCUT2D eigenvalue weighted by Gasteiger charge is 2.46. The summed E-state index contributed by atoms with van der Waals surface area (Å²) in [7, 11) is 0. The Hall–Kier alpha value is -0.370. The largest absolute Gasteiger partial charge is 0.291 e. The van der Waals surface area contributed by atoms with E-state index < -0.39 is 6.17 Å². The maximum atomic E-state index is 13.3. The Bertz CT molecular complexity index is 236. The fourth-order valence-electron chi connectivity index (χ4n) is 2.78. The van der Waals surface area contributed by atoms with Crippen LogP contribution in [0.25, 0.3) is 0 Å². The minimum absolute atomic E-state index is 0.0870. The van der Waals surface area contributed by atoms with Crippen LogP contribution in [0.3, 0.4) is 0 Å². The second-order valence-electron chi connectivity index (χ2n) is 5.06. The zero-order valence-electron chi connectivity index (χ0n) is 9.17. The molecule has 0 saturated carbocycles. The van der Waals surface area contributed by atoms with E-state index in [9.17, 15) is 4.39 Å². The molecule has 2 rings (SSSR count). The second-order valence-corrected chi connectivity index (χ2v) is 5.06. The Balaban J connectivity index is 2.12. The van der Waals surface area contributed by atoms with E-state index in [1.54, 1.807) is 0 Å². The van der Waals surface area contributed by atoms with Gasteiger partial charge in [0.2, 0.25) is 0 Å². The highest BCUT2D eigenvalue weighted by Crippen LogP contribution is 2.41. The standard InChI is InChI=1S/C12H20FN/c1-10(2)4-6-12-5-3-7-14(12)9-11(13)8-12/h4,6,10-11H,3,5,7-9H2,1-2H3/b6-4+. The van der Waals surface area contributed by atoms with Gasteiger partial charge in [-0.25, -0.2) is 4.39 Å². The predicted molar refractivity (Wildman–Crippen MR) is 57.0 cm³/mol. The molecule has 2 aliphatic heterocycles. The number of fused-ring (bicyclic) bond motifs is 1. The zero-order valence-corrected chi connectivity index (χ0v) is 9.17. The van der Waals surface area contributed by atoms with Crippen molar-refractivity contribution in [3.05, 3.63) is 12.2 Å². The molecule has 0 radical (unpaired) electrons. The number of allylic oxidation sites excluding steroid dienone is 1. The quantitative estimate of drug-likeness (QED) is 0.615. The summed E-state index contributed by atoms with van der Waals surface area (Å²) in [6.07, 6.45) is 7.00. The SMILES string of the molecule is CC(C)/C=C/C12CCCN1CC(F)C2. The molecule has 2 saturated heterocycles. The third-order valence-corrected chi connectivity index (χ3v) is 3.45. The molecular weight excluding hydrogens is 177 g/mol. The average molecular weight is 197 g/mol. The monoisotopic (exact) mass is 197 g/mol. The fourth-order valence-corrected chi connectivity index (χ4v) is 2.78. The highest BCUT2D eigenvalue weighted by atomic mass is 19.1. The van der Waals surface area contributed by atoms with Crippen molar-refractivity contribution in [1.82, 2.24) is 4.90 Å². The maximum Gasteiger partial charge on any atom is 0.115 e. The summed E-state index contributed by atoms with van der Waals surface area (Å²) in [6.45, 7) is 6.09. The molecule has 80 valence electrons. The van der Waals surface area contributed by atoms with Gasteiger partial charge in [0.05, 0.1) is 0 Å². The van der Waals surface area contributed by atoms with Gasteiger partial charge in [0, 0.05) is 18.5 Å². The van der Waals surface area contributed by atoms with Gasteiger partial charge in [-0.2, -0.15) is 0 Å². The normalized spacial score (nSPS) is 38.7. The van der Waals surface area contributed by atoms with E-state index in [2.05, 4.69) is 30.9 Å². The summed E-state index contributed by atoms with van der Waals surface area (Å²) in [5.41, 5.74) is 0.0870. The van der Waals surface area contributed by atoms with Crippen LogP contribution in [0.4, 0.5) is 4.39 Å². The minimum atomic E-state index is -0.605. The molecule has 0 spiro atoms. The van der Waals surface area contributed by atoms with Crippen molar-refractivity contribution in [2.45, 2.75) is 44.8 Å². The van der Waals surface area contributed by atoms with Gasteiger partial charge < -0.3 is 0 Å². The van der Waals surface area contributed by atoms with E-state index in [-0.39, 0.29) is 5.54 Å². The van der Waals surface area contributed by atoms with E-state index in [1.807, 2.05) is 0 Å². The molecule has 0 N–H and O–H groups in total. The molecule has 2 aliphatic rings. The number of hydrogen-bond acceptors (Lipinski definition) is 1. The summed E-state index contributed by atoms with van der Waals surface area (Å²) in [5.74, 6) is 0.575. The lowest BCUT2D eigenvalue weighted by Crippen LogP contribution is -2.35. The van der Waals surface area contributed by atoms with E-state index in [4.69, 9.17) is 0 Å². The van der Waals surface area contributed by atoms with Crippen LogP contribution in [0.1, 0.15) is 33.1 Å². The molecule has 1 nitrogen and oxygen atoms in total. The minimum Gasteiger partial charge on any atom is -0.291 e. The maximum absolute atomic E-state index is 13.3. The summed E-state index contributed by atoms with van der Waals surface area (Å²) in [6, 6.07) is 0. The van der Waals surface area contributed by atoms with Crippen molar-refractivity contribution >= 4 is 0 Å². The van der Waals surface area contributed by atoms with Crippen LogP contribution in [0.5, 0.6) is 0 Å². The lowest BCUT2D eigenvalue weighted by molar-refractivity contribution is 0.246. The first kappa shape index (κ1) is 10.2. The Kier molecular flexibility index (Phi) is 2.65. The third-order valence-electron chi connectivity index (χ3n) is 3.45. The molecule has 2 heteroatoms. The van der Waals surface area contributed by atoms with Gasteiger partial charge >= 0.3 is 0 Å². The molecule has 0 aromatic carbocycles. The van der Waals surface area contributed by atoms with Gasteiger partial charge in [-0.15, -0.1) is 0 Å². The van der Waals surface area contributed by atoms with E-state index in [0.29, 0.717) is 12.5 Å². The molecule has 2 fully saturated rings. The van der Waals surface area contributed by atoms with Crippen LogP contribution in [0, 0.1) is 5.92 Å². The third kappa shape index (κ3) is 1.72. The molecule has 2 unspecified atom stereocenters. The topological polar surface area (TPSA) is 3.24 Å². The van der Waals surface area contributed by atoms with Gasteiger partial charge in [0.1, 0.15) is 6.17 Å². The molecule has 0 aromatic rings. The highest BCUT2D eigenvalue weighted by molar-refractivity contribution is 5.16. The summed E-state index contributed by atoms with van der Waals surface area (Å²) >= 11 is 0. The number of halogens is 1. The number of rotatable bonds is 2. The fraction of sp³-hybridized carbons (Fsp3) is 0.833. The van der Waals surface area contributed by atoms with Crippen molar-refractivity contribution < 1.29 is 4.39 Å². The Morgan fingerprint density at radius 3 is 3.00 bits per heavy atom. The average Bonchev–Trinajstić information content (AvgIpc) is 2.56. The van der Waals surface area contributed by atoms with Crippen LogP contribution in [-0.4, -0.2) is 29.7 Å². The van der Waals surface area contributed by atoms with Crippen molar-refractivity contribution in [1.29, 1.82) is 0 Å². The van der Waals surface area contributed by atoms with Crippen molar-refractivity contribution in [3.8, 4) is 0 Å². The van der Waals surface area contributed by atoms with Crippen LogP contribution in [-0.2, 0) is 0 Å². The molecule has 0 aliphatic carbocycles. The van der Waals surface area contributed by atoms with Crippen LogP contribution >= 0.6 is 0 Å². The van der Waals surface area contributed by atoms with Crippen LogP contribution < -0.4 is 0 Å². The number of hydrogen-bond donors (Lipinski definition) is 0. The first-order valence-corrected chi connectivity index (χ1v) is 5.71. The van der Waals surface area contributed by atoms with Gasteiger partial charge in [-0.1, -0.05) is 26.0 Å². The van der Waals surface area contributed by atoms with Crippen molar-refractivity contribution in [3.63, 3.8) is 0 Å². The van der Waals surface area contributed by atoms with Gasteiger partial charge in [0.25, 0.3) is 0 Å². The van der Waals surface area contributed by atoms with Gasteiger partial charge in [0.15, 0.2) is 0 Å². The Labute approximate surface area is 86.0 Å². The molecule has 14 heavy (non-hydrogen) atoms. The number of nitrogens with zero attached hydrogens (tertiary/aromatic N) is 1. The van der Waals surface area contributed by atoms with Crippen LogP contribution in [0.15, 0.2) is 12.2 Å². The lowest BCUT2D eigenvalue weighted by Gasteiger charge is -2.28. The first-order chi connectivity index (χ1) is 6.62. The van der Waals surface area contributed by atoms with E-state index >= 15 is 0 Å². The zero-order chi connectivity index (χ0) is 10.2. The van der Waals surface area contributed by atoms with Crippen LogP contribution in [0.2, 0.25) is 0 Å². The molecule has 2 heterocycles. The molecular formula is C12H20FN. The first-order valence-electron chi connectivity index (χ1n) is 5.71. The second kappa shape index (κ2) is 3.65. The number of alkyl halides is 1.